The second kappa shape index (κ2) is 5.96. The number of halogens is 1. The molecule has 1 fully saturated rings. The third-order valence-electron chi connectivity index (χ3n) is 4.06. The van der Waals surface area contributed by atoms with E-state index in [1.165, 1.54) is 19.3 Å². The molecule has 1 aliphatic heterocycles. The molecule has 1 aromatic carbocycles. The van der Waals surface area contributed by atoms with Crippen molar-refractivity contribution in [1.82, 2.24) is 9.97 Å². The Labute approximate surface area is 125 Å². The molecule has 0 spiro atoms. The second-order valence-electron chi connectivity index (χ2n) is 5.44. The number of para-hydroxylation sites is 2. The minimum Gasteiger partial charge on any atom is -0.352 e. The first-order valence-corrected chi connectivity index (χ1v) is 7.89. The molecule has 1 aromatic heterocycles. The van der Waals surface area contributed by atoms with Crippen LogP contribution in [0.2, 0.25) is 0 Å². The van der Waals surface area contributed by atoms with Crippen LogP contribution in [0.1, 0.15) is 31.4 Å². The predicted octanol–water partition coefficient (Wildman–Crippen LogP) is 3.93. The van der Waals surface area contributed by atoms with E-state index in [4.69, 9.17) is 21.6 Å². The van der Waals surface area contributed by atoms with Crippen molar-refractivity contribution in [3.05, 3.63) is 30.0 Å². The molecule has 20 heavy (non-hydrogen) atoms. The molecule has 1 aliphatic rings. The average molecular weight is 290 g/mol. The summed E-state index contributed by atoms with van der Waals surface area (Å²) < 4.78 is 0. The maximum atomic E-state index is 5.96. The summed E-state index contributed by atoms with van der Waals surface area (Å²) in [5.41, 5.74) is 2.97. The van der Waals surface area contributed by atoms with Crippen molar-refractivity contribution in [3.8, 4) is 0 Å². The Morgan fingerprint density at radius 3 is 2.70 bits per heavy atom. The fourth-order valence-electron chi connectivity index (χ4n) is 3.06. The average Bonchev–Trinajstić information content (AvgIpc) is 2.48. The highest BCUT2D eigenvalue weighted by Crippen LogP contribution is 2.28. The molecule has 0 bridgehead atoms. The minimum absolute atomic E-state index is 0.510. The molecule has 4 heteroatoms. The Morgan fingerprint density at radius 2 is 1.95 bits per heavy atom. The van der Waals surface area contributed by atoms with Crippen LogP contribution in [-0.2, 0) is 0 Å². The summed E-state index contributed by atoms with van der Waals surface area (Å²) in [6, 6.07) is 8.59. The third kappa shape index (κ3) is 2.59. The molecule has 2 aromatic rings. The number of hydrogen-bond acceptors (Lipinski definition) is 3. The fraction of sp³-hybridized carbons (Fsp3) is 0.500. The molecule has 2 heterocycles. The number of benzene rings is 1. The van der Waals surface area contributed by atoms with Crippen molar-refractivity contribution >= 4 is 28.5 Å². The summed E-state index contributed by atoms with van der Waals surface area (Å²) in [7, 11) is 0. The normalized spacial score (nSPS) is 19.5. The zero-order valence-corrected chi connectivity index (χ0v) is 12.6. The van der Waals surface area contributed by atoms with E-state index in [0.717, 1.165) is 35.5 Å². The molecule has 1 saturated heterocycles. The van der Waals surface area contributed by atoms with Gasteiger partial charge in [0.05, 0.1) is 16.7 Å². The van der Waals surface area contributed by atoms with Gasteiger partial charge in [-0.2, -0.15) is 0 Å². The molecule has 1 atom stereocenters. The molecule has 3 rings (SSSR count). The van der Waals surface area contributed by atoms with E-state index in [2.05, 4.69) is 11.8 Å². The first kappa shape index (κ1) is 13.6. The number of nitrogens with zero attached hydrogens (tertiary/aromatic N) is 3. The van der Waals surface area contributed by atoms with Gasteiger partial charge in [-0.05, 0) is 44.7 Å². The number of piperidine rings is 1. The van der Waals surface area contributed by atoms with Gasteiger partial charge in [0.2, 0.25) is 0 Å². The van der Waals surface area contributed by atoms with Crippen LogP contribution in [0.25, 0.3) is 11.0 Å². The quantitative estimate of drug-likeness (QED) is 0.802. The van der Waals surface area contributed by atoms with Crippen LogP contribution in [0, 0.1) is 6.92 Å². The van der Waals surface area contributed by atoms with Crippen LogP contribution >= 0.6 is 11.6 Å². The first-order chi connectivity index (χ1) is 9.79. The van der Waals surface area contributed by atoms with Crippen molar-refractivity contribution in [2.75, 3.05) is 17.3 Å². The summed E-state index contributed by atoms with van der Waals surface area (Å²) in [4.78, 5) is 12.0. The highest BCUT2D eigenvalue weighted by atomic mass is 35.5. The van der Waals surface area contributed by atoms with Gasteiger partial charge in [0, 0.05) is 18.5 Å². The van der Waals surface area contributed by atoms with Gasteiger partial charge in [0.25, 0.3) is 0 Å². The lowest BCUT2D eigenvalue weighted by Gasteiger charge is -2.37. The number of rotatable bonds is 3. The van der Waals surface area contributed by atoms with Gasteiger partial charge in [-0.15, -0.1) is 11.6 Å². The summed E-state index contributed by atoms with van der Waals surface area (Å²) >= 11 is 5.96. The highest BCUT2D eigenvalue weighted by molar-refractivity contribution is 6.17. The van der Waals surface area contributed by atoms with E-state index < -0.39 is 0 Å². The Hall–Kier alpha value is -1.35. The summed E-state index contributed by atoms with van der Waals surface area (Å²) in [5, 5.41) is 0. The third-order valence-corrected chi connectivity index (χ3v) is 4.28. The van der Waals surface area contributed by atoms with Gasteiger partial charge in [0.1, 0.15) is 0 Å². The maximum Gasteiger partial charge on any atom is 0.151 e. The Balaban J connectivity index is 2.00. The molecule has 0 radical (unpaired) electrons. The van der Waals surface area contributed by atoms with Crippen LogP contribution in [-0.4, -0.2) is 28.4 Å². The van der Waals surface area contributed by atoms with E-state index in [1.54, 1.807) is 0 Å². The van der Waals surface area contributed by atoms with Crippen molar-refractivity contribution in [2.24, 2.45) is 0 Å². The first-order valence-electron chi connectivity index (χ1n) is 7.35. The van der Waals surface area contributed by atoms with Gasteiger partial charge < -0.3 is 4.90 Å². The fourth-order valence-corrected chi connectivity index (χ4v) is 3.31. The molecule has 0 amide bonds. The van der Waals surface area contributed by atoms with Crippen molar-refractivity contribution in [3.63, 3.8) is 0 Å². The Bertz CT molecular complexity index is 597. The summed E-state index contributed by atoms with van der Waals surface area (Å²) in [6.45, 7) is 3.12. The molecular formula is C16H20ClN3. The summed E-state index contributed by atoms with van der Waals surface area (Å²) in [5.74, 6) is 1.75. The van der Waals surface area contributed by atoms with Gasteiger partial charge in [0.15, 0.2) is 5.82 Å². The number of alkyl halides is 1. The number of fused-ring (bicyclic) bond motifs is 1. The molecule has 0 saturated carbocycles. The zero-order valence-electron chi connectivity index (χ0n) is 11.8. The van der Waals surface area contributed by atoms with Crippen LogP contribution < -0.4 is 4.90 Å². The predicted molar refractivity (Wildman–Crippen MR) is 84.6 cm³/mol. The molecule has 1 unspecified atom stereocenters. The lowest BCUT2D eigenvalue weighted by atomic mass is 10.00. The number of hydrogen-bond donors (Lipinski definition) is 0. The van der Waals surface area contributed by atoms with E-state index in [1.807, 2.05) is 24.3 Å². The standard InChI is InChI=1S/C16H20ClN3/c1-12-16(19-15-8-3-2-7-14(15)18-12)20-11-5-4-6-13(20)9-10-17/h2-3,7-8,13H,4-6,9-11H2,1H3. The highest BCUT2D eigenvalue weighted by Gasteiger charge is 2.25. The van der Waals surface area contributed by atoms with Crippen LogP contribution in [0.4, 0.5) is 5.82 Å². The molecule has 0 N–H and O–H groups in total. The molecule has 106 valence electrons. The van der Waals surface area contributed by atoms with Gasteiger partial charge in [-0.25, -0.2) is 9.97 Å². The van der Waals surface area contributed by atoms with Gasteiger partial charge >= 0.3 is 0 Å². The molecule has 3 nitrogen and oxygen atoms in total. The minimum atomic E-state index is 0.510. The topological polar surface area (TPSA) is 29.0 Å². The summed E-state index contributed by atoms with van der Waals surface area (Å²) in [6.07, 6.45) is 4.75. The van der Waals surface area contributed by atoms with Gasteiger partial charge in [-0.3, -0.25) is 0 Å². The van der Waals surface area contributed by atoms with E-state index >= 15 is 0 Å². The van der Waals surface area contributed by atoms with Crippen LogP contribution in [0.5, 0.6) is 0 Å². The lowest BCUT2D eigenvalue weighted by molar-refractivity contribution is 0.447. The monoisotopic (exact) mass is 289 g/mol. The van der Waals surface area contributed by atoms with Crippen molar-refractivity contribution < 1.29 is 0 Å². The lowest BCUT2D eigenvalue weighted by Crippen LogP contribution is -2.41. The van der Waals surface area contributed by atoms with Crippen LogP contribution in [0.15, 0.2) is 24.3 Å². The maximum absolute atomic E-state index is 5.96. The Kier molecular flexibility index (Phi) is 4.06. The SMILES string of the molecule is Cc1nc2ccccc2nc1N1CCCCC1CCCl. The number of anilines is 1. The van der Waals surface area contributed by atoms with Crippen molar-refractivity contribution in [1.29, 1.82) is 0 Å². The molecule has 0 aliphatic carbocycles. The number of aromatic nitrogens is 2. The van der Waals surface area contributed by atoms with E-state index in [9.17, 15) is 0 Å². The smallest absolute Gasteiger partial charge is 0.151 e. The Morgan fingerprint density at radius 1 is 1.20 bits per heavy atom. The van der Waals surface area contributed by atoms with E-state index in [-0.39, 0.29) is 0 Å². The van der Waals surface area contributed by atoms with Crippen molar-refractivity contribution in [2.45, 2.75) is 38.6 Å². The van der Waals surface area contributed by atoms with Gasteiger partial charge in [-0.1, -0.05) is 12.1 Å². The molecular weight excluding hydrogens is 270 g/mol. The van der Waals surface area contributed by atoms with E-state index in [0.29, 0.717) is 11.9 Å². The largest absolute Gasteiger partial charge is 0.352 e. The second-order valence-corrected chi connectivity index (χ2v) is 5.82. The zero-order chi connectivity index (χ0) is 13.9. The van der Waals surface area contributed by atoms with Crippen LogP contribution in [0.3, 0.4) is 0 Å². The number of aryl methyl sites for hydroxylation is 1.